The fourth-order valence-electron chi connectivity index (χ4n) is 4.96. The smallest absolute Gasteiger partial charge is 0.311 e. The molecule has 39 heavy (non-hydrogen) atoms. The van der Waals surface area contributed by atoms with Gasteiger partial charge in [-0.2, -0.15) is 0 Å². The molecule has 0 atom stereocenters. The largest absolute Gasteiger partial charge is 0.493 e. The third-order valence-corrected chi connectivity index (χ3v) is 7.19. The van der Waals surface area contributed by atoms with Crippen molar-refractivity contribution in [3.63, 3.8) is 0 Å². The van der Waals surface area contributed by atoms with Gasteiger partial charge in [-0.3, -0.25) is 19.8 Å². The molecule has 214 valence electrons. The Morgan fingerprint density at radius 2 is 1.56 bits per heavy atom. The predicted octanol–water partition coefficient (Wildman–Crippen LogP) is 3.84. The Morgan fingerprint density at radius 1 is 0.897 bits per heavy atom. The number of anilines is 1. The lowest BCUT2D eigenvalue weighted by molar-refractivity contribution is -0.385. The van der Waals surface area contributed by atoms with Gasteiger partial charge in [0, 0.05) is 89.0 Å². The van der Waals surface area contributed by atoms with Crippen molar-refractivity contribution >= 4 is 17.3 Å². The van der Waals surface area contributed by atoms with E-state index < -0.39 is 4.92 Å². The summed E-state index contributed by atoms with van der Waals surface area (Å²) in [5.41, 5.74) is 1.01. The Bertz CT molecular complexity index is 1110. The summed E-state index contributed by atoms with van der Waals surface area (Å²) in [4.78, 5) is 30.0. The van der Waals surface area contributed by atoms with E-state index in [1.807, 2.05) is 23.1 Å². The minimum absolute atomic E-state index is 0. The lowest BCUT2D eigenvalue weighted by atomic mass is 10.1. The summed E-state index contributed by atoms with van der Waals surface area (Å²) in [6.07, 6.45) is 1.89. The average molecular weight is 545 g/mol. The number of hydrogen-bond donors (Lipinski definition) is 0. The molecular formula is C28H40N4O7. The molecule has 2 aliphatic heterocycles. The van der Waals surface area contributed by atoms with E-state index in [0.29, 0.717) is 25.3 Å². The highest BCUT2D eigenvalue weighted by Gasteiger charge is 2.26. The standard InChI is InChI=1S/C27H36N4O7.CH4/c1-35-24-7-4-20(18-26(24)37-3)29-16-14-28(15-17-29)11-10-27(32)30-12-8-21(9-13-30)38-22-5-6-23(31(33)34)25(19-22)36-2;/h4-7,18-19,21H,8-17H2,1-3H3;1H4. The number of nitro groups is 1. The summed E-state index contributed by atoms with van der Waals surface area (Å²) < 4.78 is 21.9. The first kappa shape index (κ1) is 29.8. The van der Waals surface area contributed by atoms with Crippen molar-refractivity contribution in [3.8, 4) is 23.0 Å². The molecule has 0 saturated carbocycles. The van der Waals surface area contributed by atoms with Crippen molar-refractivity contribution in [2.45, 2.75) is 32.8 Å². The number of piperidine rings is 1. The van der Waals surface area contributed by atoms with Crippen LogP contribution >= 0.6 is 0 Å². The molecule has 2 heterocycles. The third-order valence-electron chi connectivity index (χ3n) is 7.19. The number of amides is 1. The Kier molecular flexibility index (Phi) is 10.6. The van der Waals surface area contributed by atoms with E-state index in [9.17, 15) is 14.9 Å². The number of rotatable bonds is 10. The average Bonchev–Trinajstić information content (AvgIpc) is 2.96. The molecule has 0 aromatic heterocycles. The number of ether oxygens (including phenoxy) is 4. The van der Waals surface area contributed by atoms with Gasteiger partial charge in [-0.1, -0.05) is 7.43 Å². The second-order valence-electron chi connectivity index (χ2n) is 9.41. The van der Waals surface area contributed by atoms with Crippen LogP contribution in [0.4, 0.5) is 11.4 Å². The molecule has 2 aromatic rings. The number of methoxy groups -OCH3 is 3. The molecule has 1 amide bonds. The fraction of sp³-hybridized carbons (Fsp3) is 0.536. The lowest BCUT2D eigenvalue weighted by Crippen LogP contribution is -2.48. The topological polar surface area (TPSA) is 107 Å². The highest BCUT2D eigenvalue weighted by Crippen LogP contribution is 2.33. The Labute approximate surface area is 230 Å². The van der Waals surface area contributed by atoms with Gasteiger partial charge in [0.05, 0.1) is 26.3 Å². The maximum atomic E-state index is 12.8. The first-order valence-corrected chi connectivity index (χ1v) is 12.9. The third kappa shape index (κ3) is 7.44. The zero-order valence-electron chi connectivity index (χ0n) is 22.3. The normalized spacial score (nSPS) is 16.3. The monoisotopic (exact) mass is 544 g/mol. The molecular weight excluding hydrogens is 504 g/mol. The number of carbonyl (C=O) groups is 1. The van der Waals surface area contributed by atoms with Crippen LogP contribution in [0.2, 0.25) is 0 Å². The van der Waals surface area contributed by atoms with Gasteiger partial charge in [0.1, 0.15) is 11.9 Å². The predicted molar refractivity (Wildman–Crippen MR) is 149 cm³/mol. The molecule has 0 spiro atoms. The summed E-state index contributed by atoms with van der Waals surface area (Å²) in [6.45, 7) is 5.60. The van der Waals surface area contributed by atoms with Gasteiger partial charge in [-0.25, -0.2) is 0 Å². The van der Waals surface area contributed by atoms with Crippen LogP contribution in [0.3, 0.4) is 0 Å². The van der Waals surface area contributed by atoms with Gasteiger partial charge < -0.3 is 28.7 Å². The van der Waals surface area contributed by atoms with Gasteiger partial charge >= 0.3 is 5.69 Å². The molecule has 0 bridgehead atoms. The molecule has 0 aliphatic carbocycles. The second-order valence-corrected chi connectivity index (χ2v) is 9.41. The molecule has 4 rings (SSSR count). The van der Waals surface area contributed by atoms with Crippen molar-refractivity contribution in [2.24, 2.45) is 0 Å². The van der Waals surface area contributed by atoms with Gasteiger partial charge in [-0.05, 0) is 18.2 Å². The van der Waals surface area contributed by atoms with Crippen LogP contribution in [-0.4, -0.2) is 93.9 Å². The maximum Gasteiger partial charge on any atom is 0.311 e. The minimum Gasteiger partial charge on any atom is -0.493 e. The summed E-state index contributed by atoms with van der Waals surface area (Å²) in [5, 5.41) is 11.1. The zero-order valence-corrected chi connectivity index (χ0v) is 22.3. The Morgan fingerprint density at radius 3 is 2.18 bits per heavy atom. The minimum atomic E-state index is -0.481. The van der Waals surface area contributed by atoms with Gasteiger partial charge in [-0.15, -0.1) is 0 Å². The number of benzene rings is 2. The van der Waals surface area contributed by atoms with Crippen LogP contribution in [0.15, 0.2) is 36.4 Å². The summed E-state index contributed by atoms with van der Waals surface area (Å²) >= 11 is 0. The van der Waals surface area contributed by atoms with Crippen LogP contribution in [0.25, 0.3) is 0 Å². The molecule has 11 nitrogen and oxygen atoms in total. The molecule has 0 N–H and O–H groups in total. The van der Waals surface area contributed by atoms with E-state index in [1.54, 1.807) is 26.4 Å². The SMILES string of the molecule is C.COc1ccc(N2CCN(CCC(=O)N3CCC(Oc4ccc([N+](=O)[O-])c(OC)c4)CC3)CC2)cc1OC. The highest BCUT2D eigenvalue weighted by atomic mass is 16.6. The van der Waals surface area contributed by atoms with Crippen LogP contribution in [0, 0.1) is 10.1 Å². The van der Waals surface area contributed by atoms with Crippen LogP contribution in [-0.2, 0) is 4.79 Å². The lowest BCUT2D eigenvalue weighted by Gasteiger charge is -2.37. The van der Waals surface area contributed by atoms with E-state index in [1.165, 1.54) is 13.2 Å². The molecule has 2 aliphatic rings. The highest BCUT2D eigenvalue weighted by molar-refractivity contribution is 5.76. The summed E-state index contributed by atoms with van der Waals surface area (Å²) in [5.74, 6) is 2.31. The van der Waals surface area contributed by atoms with Crippen molar-refractivity contribution in [2.75, 3.05) is 72.0 Å². The first-order chi connectivity index (χ1) is 18.4. The van der Waals surface area contributed by atoms with Crippen molar-refractivity contribution in [1.29, 1.82) is 0 Å². The molecule has 0 radical (unpaired) electrons. The number of nitro benzene ring substituents is 1. The number of likely N-dealkylation sites (tertiary alicyclic amines) is 1. The molecule has 0 unspecified atom stereocenters. The summed E-state index contributed by atoms with van der Waals surface area (Å²) in [7, 11) is 4.67. The molecule has 2 fully saturated rings. The number of nitrogens with zero attached hydrogens (tertiary/aromatic N) is 4. The van der Waals surface area contributed by atoms with Gasteiger partial charge in [0.2, 0.25) is 11.7 Å². The van der Waals surface area contributed by atoms with Crippen molar-refractivity contribution < 1.29 is 28.7 Å². The van der Waals surface area contributed by atoms with Gasteiger partial charge in [0.25, 0.3) is 0 Å². The van der Waals surface area contributed by atoms with E-state index in [4.69, 9.17) is 18.9 Å². The molecule has 11 heteroatoms. The summed E-state index contributed by atoms with van der Waals surface area (Å²) in [6, 6.07) is 10.5. The van der Waals surface area contributed by atoms with Crippen molar-refractivity contribution in [1.82, 2.24) is 9.80 Å². The van der Waals surface area contributed by atoms with Crippen LogP contribution in [0.5, 0.6) is 23.0 Å². The number of hydrogen-bond acceptors (Lipinski definition) is 9. The molecule has 2 saturated heterocycles. The fourth-order valence-corrected chi connectivity index (χ4v) is 4.96. The van der Waals surface area contributed by atoms with Crippen molar-refractivity contribution in [3.05, 3.63) is 46.5 Å². The molecule has 2 aromatic carbocycles. The van der Waals surface area contributed by atoms with Crippen LogP contribution in [0.1, 0.15) is 26.7 Å². The van der Waals surface area contributed by atoms with Crippen LogP contribution < -0.4 is 23.8 Å². The van der Waals surface area contributed by atoms with E-state index in [-0.39, 0.29) is 30.9 Å². The quantitative estimate of drug-likeness (QED) is 0.326. The first-order valence-electron chi connectivity index (χ1n) is 12.9. The van der Waals surface area contributed by atoms with E-state index >= 15 is 0 Å². The second kappa shape index (κ2) is 13.9. The Hall–Kier alpha value is -3.73. The Balaban J connectivity index is 0.00000420. The zero-order chi connectivity index (χ0) is 27.1. The van der Waals surface area contributed by atoms with E-state index in [2.05, 4.69) is 9.80 Å². The number of carbonyl (C=O) groups excluding carboxylic acids is 1. The van der Waals surface area contributed by atoms with Gasteiger partial charge in [0.15, 0.2) is 11.5 Å². The number of piperazine rings is 1. The van der Waals surface area contributed by atoms with E-state index in [0.717, 1.165) is 62.8 Å². The maximum absolute atomic E-state index is 12.8.